The van der Waals surface area contributed by atoms with Crippen LogP contribution in [0.15, 0.2) is 70.7 Å². The number of ether oxygens (including phenoxy) is 1. The van der Waals surface area contributed by atoms with Gasteiger partial charge in [-0.1, -0.05) is 33.6 Å². The Morgan fingerprint density at radius 1 is 1.14 bits per heavy atom. The van der Waals surface area contributed by atoms with Crippen LogP contribution in [0.3, 0.4) is 0 Å². The summed E-state index contributed by atoms with van der Waals surface area (Å²) in [5.41, 5.74) is 1.09. The smallest absolute Gasteiger partial charge is 0.335 e. The lowest BCUT2D eigenvalue weighted by atomic mass is 10.0. The van der Waals surface area contributed by atoms with Crippen LogP contribution >= 0.6 is 27.5 Å². The minimum absolute atomic E-state index is 0.202. The van der Waals surface area contributed by atoms with Crippen molar-refractivity contribution in [3.63, 3.8) is 0 Å². The Kier molecular flexibility index (Phi) is 7.70. The van der Waals surface area contributed by atoms with Gasteiger partial charge in [0.05, 0.1) is 5.69 Å². The van der Waals surface area contributed by atoms with Gasteiger partial charge in [0.2, 0.25) is 0 Å². The molecule has 0 saturated carbocycles. The molecule has 188 valence electrons. The van der Waals surface area contributed by atoms with Gasteiger partial charge in [0, 0.05) is 20.7 Å². The number of barbiturate groups is 1. The molecule has 0 unspecified atom stereocenters. The molecule has 0 radical (unpaired) electrons. The van der Waals surface area contributed by atoms with Gasteiger partial charge in [0.1, 0.15) is 17.1 Å². The van der Waals surface area contributed by atoms with E-state index in [1.165, 1.54) is 30.3 Å². The maximum Gasteiger partial charge on any atom is 0.335 e. The molecule has 0 bridgehead atoms. The third kappa shape index (κ3) is 5.87. The highest BCUT2D eigenvalue weighted by atomic mass is 79.9. The van der Waals surface area contributed by atoms with E-state index in [0.29, 0.717) is 26.3 Å². The first kappa shape index (κ1) is 26.1. The number of halogens is 3. The number of urea groups is 1. The summed E-state index contributed by atoms with van der Waals surface area (Å²) < 4.78 is 19.3. The van der Waals surface area contributed by atoms with Gasteiger partial charge in [-0.25, -0.2) is 14.1 Å². The molecule has 0 aliphatic carbocycles. The molecule has 0 atom stereocenters. The van der Waals surface area contributed by atoms with Gasteiger partial charge in [-0.2, -0.15) is 0 Å². The normalized spacial score (nSPS) is 14.5. The van der Waals surface area contributed by atoms with Crippen LogP contribution in [0.25, 0.3) is 6.08 Å². The van der Waals surface area contributed by atoms with Crippen LogP contribution in [0.4, 0.5) is 20.6 Å². The highest BCUT2D eigenvalue weighted by Crippen LogP contribution is 2.31. The number of rotatable bonds is 6. The number of carbonyl (C=O) groups excluding carboxylic acids is 4. The maximum absolute atomic E-state index is 13.3. The summed E-state index contributed by atoms with van der Waals surface area (Å²) in [6, 6.07) is 13.9. The van der Waals surface area contributed by atoms with E-state index in [-0.39, 0.29) is 17.0 Å². The third-order valence-electron chi connectivity index (χ3n) is 5.34. The van der Waals surface area contributed by atoms with Crippen molar-refractivity contribution >= 4 is 68.7 Å². The summed E-state index contributed by atoms with van der Waals surface area (Å²) in [6.45, 7) is 1.25. The lowest BCUT2D eigenvalue weighted by molar-refractivity contribution is -0.122. The van der Waals surface area contributed by atoms with Crippen LogP contribution in [0.1, 0.15) is 11.1 Å². The van der Waals surface area contributed by atoms with Crippen LogP contribution < -0.4 is 20.3 Å². The van der Waals surface area contributed by atoms with Crippen molar-refractivity contribution in [3.05, 3.63) is 92.7 Å². The van der Waals surface area contributed by atoms with E-state index in [0.717, 1.165) is 4.90 Å². The van der Waals surface area contributed by atoms with E-state index in [4.69, 9.17) is 16.3 Å². The Hall–Kier alpha value is -4.02. The van der Waals surface area contributed by atoms with Crippen LogP contribution in [0.5, 0.6) is 5.75 Å². The fourth-order valence-corrected chi connectivity index (χ4v) is 4.06. The van der Waals surface area contributed by atoms with Gasteiger partial charge in [-0.3, -0.25) is 19.7 Å². The molecule has 2 N–H and O–H groups in total. The van der Waals surface area contributed by atoms with E-state index in [1.54, 1.807) is 43.3 Å². The quantitative estimate of drug-likeness (QED) is 0.304. The van der Waals surface area contributed by atoms with Crippen molar-refractivity contribution in [2.24, 2.45) is 0 Å². The molecule has 1 saturated heterocycles. The Morgan fingerprint density at radius 2 is 1.86 bits per heavy atom. The molecule has 0 aromatic heterocycles. The second kappa shape index (κ2) is 10.9. The molecule has 1 aliphatic heterocycles. The Labute approximate surface area is 224 Å². The number of nitrogens with zero attached hydrogens (tertiary/aromatic N) is 1. The van der Waals surface area contributed by atoms with E-state index < -0.39 is 36.2 Å². The van der Waals surface area contributed by atoms with Crippen molar-refractivity contribution in [3.8, 4) is 5.75 Å². The molecule has 1 fully saturated rings. The number of hydrogen-bond donors (Lipinski definition) is 2. The zero-order valence-electron chi connectivity index (χ0n) is 19.2. The number of anilines is 2. The Bertz CT molecular complexity index is 1460. The molecule has 4 rings (SSSR count). The molecular weight excluding hydrogens is 569 g/mol. The third-order valence-corrected chi connectivity index (χ3v) is 6.24. The van der Waals surface area contributed by atoms with Crippen molar-refractivity contribution in [1.82, 2.24) is 5.32 Å². The summed E-state index contributed by atoms with van der Waals surface area (Å²) in [5, 5.41) is 5.09. The largest absolute Gasteiger partial charge is 0.483 e. The van der Waals surface area contributed by atoms with Gasteiger partial charge in [0.25, 0.3) is 17.7 Å². The number of imide groups is 2. The van der Waals surface area contributed by atoms with Gasteiger partial charge in [-0.15, -0.1) is 0 Å². The van der Waals surface area contributed by atoms with E-state index in [1.807, 2.05) is 0 Å². The zero-order valence-corrected chi connectivity index (χ0v) is 21.5. The predicted octanol–water partition coefficient (Wildman–Crippen LogP) is 5.23. The van der Waals surface area contributed by atoms with Crippen molar-refractivity contribution < 1.29 is 28.3 Å². The lowest BCUT2D eigenvalue weighted by Crippen LogP contribution is -2.54. The average Bonchev–Trinajstić information content (AvgIpc) is 2.85. The van der Waals surface area contributed by atoms with Gasteiger partial charge in [0.15, 0.2) is 6.61 Å². The molecule has 11 heteroatoms. The van der Waals surface area contributed by atoms with Crippen molar-refractivity contribution in [2.75, 3.05) is 16.8 Å². The van der Waals surface area contributed by atoms with Crippen molar-refractivity contribution in [1.29, 1.82) is 0 Å². The number of benzene rings is 3. The van der Waals surface area contributed by atoms with Gasteiger partial charge in [-0.05, 0) is 73.2 Å². The summed E-state index contributed by atoms with van der Waals surface area (Å²) in [6.07, 6.45) is 1.27. The number of carbonyl (C=O) groups is 4. The zero-order chi connectivity index (χ0) is 26.7. The fraction of sp³-hybridized carbons (Fsp3) is 0.0769. The predicted molar refractivity (Wildman–Crippen MR) is 140 cm³/mol. The van der Waals surface area contributed by atoms with Crippen LogP contribution in [-0.2, 0) is 14.4 Å². The molecule has 3 aromatic rings. The first-order chi connectivity index (χ1) is 17.6. The topological polar surface area (TPSA) is 105 Å². The molecule has 5 amide bonds. The SMILES string of the molecule is Cc1c(Cl)cccc1N1C(=O)NC(=O)/C(=C/c2cc(Br)ccc2OCC(=O)Nc2ccc(F)cc2)C1=O. The standard InChI is InChI=1S/C26H18BrClFN3O5/c1-14-20(28)3-2-4-21(14)32-25(35)19(24(34)31-26(32)36)12-15-11-16(27)5-10-22(15)37-13-23(33)30-18-8-6-17(29)7-9-18/h2-12H,13H2,1H3,(H,30,33)(H,31,34,36)/b19-12-. The van der Waals surface area contributed by atoms with Crippen molar-refractivity contribution in [2.45, 2.75) is 6.92 Å². The minimum atomic E-state index is -0.902. The van der Waals surface area contributed by atoms with Crippen LogP contribution in [0, 0.1) is 12.7 Å². The first-order valence-electron chi connectivity index (χ1n) is 10.8. The number of amides is 5. The highest BCUT2D eigenvalue weighted by Gasteiger charge is 2.37. The molecule has 0 spiro atoms. The minimum Gasteiger partial charge on any atom is -0.483 e. The average molecular weight is 587 g/mol. The molecular formula is C26H18BrClFN3O5. The fourth-order valence-electron chi connectivity index (χ4n) is 3.51. The summed E-state index contributed by atoms with van der Waals surface area (Å²) in [4.78, 5) is 51.6. The van der Waals surface area contributed by atoms with E-state index >= 15 is 0 Å². The number of hydrogen-bond acceptors (Lipinski definition) is 5. The first-order valence-corrected chi connectivity index (χ1v) is 12.0. The Morgan fingerprint density at radius 3 is 2.59 bits per heavy atom. The van der Waals surface area contributed by atoms with E-state index in [2.05, 4.69) is 26.6 Å². The molecule has 8 nitrogen and oxygen atoms in total. The summed E-state index contributed by atoms with van der Waals surface area (Å²) >= 11 is 9.50. The maximum atomic E-state index is 13.3. The van der Waals surface area contributed by atoms with E-state index in [9.17, 15) is 23.6 Å². The second-order valence-corrected chi connectivity index (χ2v) is 9.19. The second-order valence-electron chi connectivity index (χ2n) is 7.87. The Balaban J connectivity index is 1.60. The highest BCUT2D eigenvalue weighted by molar-refractivity contribution is 9.10. The van der Waals surface area contributed by atoms with Gasteiger partial charge >= 0.3 is 6.03 Å². The van der Waals surface area contributed by atoms with Gasteiger partial charge < -0.3 is 10.1 Å². The molecule has 3 aromatic carbocycles. The van der Waals surface area contributed by atoms with Crippen LogP contribution in [0.2, 0.25) is 5.02 Å². The molecule has 1 aliphatic rings. The summed E-state index contributed by atoms with van der Waals surface area (Å²) in [7, 11) is 0. The summed E-state index contributed by atoms with van der Waals surface area (Å²) in [5.74, 6) is -2.47. The van der Waals surface area contributed by atoms with Crippen LogP contribution in [-0.4, -0.2) is 30.4 Å². The molecule has 37 heavy (non-hydrogen) atoms. The lowest BCUT2D eigenvalue weighted by Gasteiger charge is -2.27. The molecule has 1 heterocycles. The number of nitrogens with one attached hydrogen (secondary N) is 2. The monoisotopic (exact) mass is 585 g/mol.